The van der Waals surface area contributed by atoms with Gasteiger partial charge in [-0.15, -0.1) is 10.2 Å². The third kappa shape index (κ3) is 2.71. The summed E-state index contributed by atoms with van der Waals surface area (Å²) < 4.78 is 18.5. The molecule has 106 valence electrons. The Bertz CT molecular complexity index is 570. The van der Waals surface area contributed by atoms with Gasteiger partial charge in [0.2, 0.25) is 11.8 Å². The van der Waals surface area contributed by atoms with E-state index in [0.717, 1.165) is 19.4 Å². The summed E-state index contributed by atoms with van der Waals surface area (Å²) >= 11 is 0. The van der Waals surface area contributed by atoms with E-state index < -0.39 is 0 Å². The van der Waals surface area contributed by atoms with Crippen molar-refractivity contribution in [2.45, 2.75) is 25.4 Å². The summed E-state index contributed by atoms with van der Waals surface area (Å²) in [6.45, 7) is 1.62. The quantitative estimate of drug-likeness (QED) is 0.923. The van der Waals surface area contributed by atoms with Gasteiger partial charge in [0, 0.05) is 11.6 Å². The normalized spacial score (nSPS) is 19.6. The highest BCUT2D eigenvalue weighted by molar-refractivity contribution is 5.51. The third-order valence-corrected chi connectivity index (χ3v) is 3.61. The van der Waals surface area contributed by atoms with Gasteiger partial charge in [0.15, 0.2) is 0 Å². The minimum Gasteiger partial charge on any atom is -0.419 e. The second-order valence-electron chi connectivity index (χ2n) is 4.96. The van der Waals surface area contributed by atoms with Crippen LogP contribution in [0.1, 0.15) is 18.7 Å². The van der Waals surface area contributed by atoms with Gasteiger partial charge in [-0.25, -0.2) is 4.39 Å². The number of halogens is 1. The van der Waals surface area contributed by atoms with Gasteiger partial charge in [-0.1, -0.05) is 0 Å². The molecule has 1 aliphatic rings. The topological polar surface area (TPSA) is 62.4 Å². The smallest absolute Gasteiger partial charge is 0.247 e. The van der Waals surface area contributed by atoms with E-state index in [9.17, 15) is 9.50 Å². The molecule has 1 aliphatic heterocycles. The standard InChI is InChI=1S/C14H16FN3O2/c15-11-5-3-10(4-6-11)14-17-16-13(20-14)8-18-7-1-2-12(18)9-19/h3-6,12,19H,1-2,7-9H2/t12-/m1/s1. The van der Waals surface area contributed by atoms with Crippen LogP contribution in [-0.4, -0.2) is 39.4 Å². The average Bonchev–Trinajstić information content (AvgIpc) is 3.09. The van der Waals surface area contributed by atoms with Crippen molar-refractivity contribution >= 4 is 0 Å². The number of aliphatic hydroxyl groups is 1. The summed E-state index contributed by atoms with van der Waals surface area (Å²) in [5, 5.41) is 17.3. The van der Waals surface area contributed by atoms with Crippen molar-refractivity contribution in [2.75, 3.05) is 13.2 Å². The maximum Gasteiger partial charge on any atom is 0.247 e. The molecule has 1 aromatic heterocycles. The van der Waals surface area contributed by atoms with Crippen LogP contribution in [0, 0.1) is 5.82 Å². The largest absolute Gasteiger partial charge is 0.419 e. The Morgan fingerprint density at radius 1 is 1.30 bits per heavy atom. The van der Waals surface area contributed by atoms with Crippen LogP contribution in [-0.2, 0) is 6.54 Å². The van der Waals surface area contributed by atoms with Crippen molar-refractivity contribution in [3.63, 3.8) is 0 Å². The van der Waals surface area contributed by atoms with E-state index in [0.29, 0.717) is 23.9 Å². The molecule has 0 spiro atoms. The van der Waals surface area contributed by atoms with Crippen molar-refractivity contribution in [3.05, 3.63) is 36.0 Å². The SMILES string of the molecule is OC[C@H]1CCCN1Cc1nnc(-c2ccc(F)cc2)o1. The first-order valence-corrected chi connectivity index (χ1v) is 6.69. The van der Waals surface area contributed by atoms with E-state index in [1.54, 1.807) is 12.1 Å². The lowest BCUT2D eigenvalue weighted by atomic mass is 10.2. The number of aromatic nitrogens is 2. The predicted octanol–water partition coefficient (Wildman–Crippen LogP) is 1.83. The first-order valence-electron chi connectivity index (χ1n) is 6.69. The molecule has 1 fully saturated rings. The third-order valence-electron chi connectivity index (χ3n) is 3.61. The molecule has 2 aromatic rings. The summed E-state index contributed by atoms with van der Waals surface area (Å²) in [6, 6.07) is 6.12. The zero-order chi connectivity index (χ0) is 13.9. The van der Waals surface area contributed by atoms with Crippen molar-refractivity contribution < 1.29 is 13.9 Å². The average molecular weight is 277 g/mol. The Kier molecular flexibility index (Phi) is 3.75. The first-order chi connectivity index (χ1) is 9.76. The van der Waals surface area contributed by atoms with Crippen LogP contribution < -0.4 is 0 Å². The molecule has 0 unspecified atom stereocenters. The molecule has 2 heterocycles. The molecule has 3 rings (SSSR count). The summed E-state index contributed by atoms with van der Waals surface area (Å²) in [4.78, 5) is 2.14. The second kappa shape index (κ2) is 5.68. The molecule has 1 atom stereocenters. The van der Waals surface area contributed by atoms with Gasteiger partial charge in [0.25, 0.3) is 0 Å². The maximum atomic E-state index is 12.9. The molecular weight excluding hydrogens is 261 g/mol. The van der Waals surface area contributed by atoms with Gasteiger partial charge >= 0.3 is 0 Å². The van der Waals surface area contributed by atoms with Crippen LogP contribution in [0.5, 0.6) is 0 Å². The van der Waals surface area contributed by atoms with Crippen LogP contribution in [0.3, 0.4) is 0 Å². The Balaban J connectivity index is 1.72. The van der Waals surface area contributed by atoms with Gasteiger partial charge in [0.05, 0.1) is 13.2 Å². The Morgan fingerprint density at radius 3 is 2.85 bits per heavy atom. The number of hydrogen-bond donors (Lipinski definition) is 1. The minimum atomic E-state index is -0.295. The van der Waals surface area contributed by atoms with E-state index in [4.69, 9.17) is 4.42 Å². The van der Waals surface area contributed by atoms with Crippen molar-refractivity contribution in [1.82, 2.24) is 15.1 Å². The van der Waals surface area contributed by atoms with E-state index in [1.807, 2.05) is 0 Å². The number of likely N-dealkylation sites (tertiary alicyclic amines) is 1. The molecule has 1 N–H and O–H groups in total. The number of hydrogen-bond acceptors (Lipinski definition) is 5. The van der Waals surface area contributed by atoms with Gasteiger partial charge < -0.3 is 9.52 Å². The fourth-order valence-corrected chi connectivity index (χ4v) is 2.51. The molecule has 1 saturated heterocycles. The van der Waals surface area contributed by atoms with E-state index in [-0.39, 0.29) is 18.5 Å². The number of rotatable bonds is 4. The summed E-state index contributed by atoms with van der Waals surface area (Å²) in [5.41, 5.74) is 0.699. The van der Waals surface area contributed by atoms with Gasteiger partial charge in [-0.2, -0.15) is 0 Å². The second-order valence-corrected chi connectivity index (χ2v) is 4.96. The highest BCUT2D eigenvalue weighted by Crippen LogP contribution is 2.22. The van der Waals surface area contributed by atoms with Crippen molar-refractivity contribution in [1.29, 1.82) is 0 Å². The highest BCUT2D eigenvalue weighted by Gasteiger charge is 2.25. The Labute approximate surface area is 116 Å². The molecule has 5 nitrogen and oxygen atoms in total. The van der Waals surface area contributed by atoms with Crippen LogP contribution >= 0.6 is 0 Å². The van der Waals surface area contributed by atoms with Crippen LogP contribution in [0.2, 0.25) is 0 Å². The first kappa shape index (κ1) is 13.2. The predicted molar refractivity (Wildman–Crippen MR) is 70.2 cm³/mol. The van der Waals surface area contributed by atoms with Gasteiger partial charge in [-0.3, -0.25) is 4.90 Å². The maximum absolute atomic E-state index is 12.9. The molecule has 0 amide bonds. The fourth-order valence-electron chi connectivity index (χ4n) is 2.51. The van der Waals surface area contributed by atoms with E-state index >= 15 is 0 Å². The lowest BCUT2D eigenvalue weighted by molar-refractivity contribution is 0.144. The number of nitrogens with zero attached hydrogens (tertiary/aromatic N) is 3. The van der Waals surface area contributed by atoms with Crippen LogP contribution in [0.25, 0.3) is 11.5 Å². The molecule has 1 aromatic carbocycles. The van der Waals surface area contributed by atoms with Crippen LogP contribution in [0.15, 0.2) is 28.7 Å². The minimum absolute atomic E-state index is 0.152. The summed E-state index contributed by atoms with van der Waals surface area (Å²) in [7, 11) is 0. The molecule has 20 heavy (non-hydrogen) atoms. The van der Waals surface area contributed by atoms with Crippen molar-refractivity contribution in [3.8, 4) is 11.5 Å². The lowest BCUT2D eigenvalue weighted by Gasteiger charge is -2.20. The molecule has 0 radical (unpaired) electrons. The fraction of sp³-hybridized carbons (Fsp3) is 0.429. The van der Waals surface area contributed by atoms with Gasteiger partial charge in [0.1, 0.15) is 5.82 Å². The zero-order valence-corrected chi connectivity index (χ0v) is 11.0. The van der Waals surface area contributed by atoms with Crippen LogP contribution in [0.4, 0.5) is 4.39 Å². The van der Waals surface area contributed by atoms with Crippen molar-refractivity contribution in [2.24, 2.45) is 0 Å². The monoisotopic (exact) mass is 277 g/mol. The molecular formula is C14H16FN3O2. The summed E-state index contributed by atoms with van der Waals surface area (Å²) in [5.74, 6) is 0.612. The molecule has 0 saturated carbocycles. The molecule has 0 bridgehead atoms. The summed E-state index contributed by atoms with van der Waals surface area (Å²) in [6.07, 6.45) is 2.07. The van der Waals surface area contributed by atoms with Gasteiger partial charge in [-0.05, 0) is 43.7 Å². The number of aliphatic hydroxyl groups excluding tert-OH is 1. The van der Waals surface area contributed by atoms with E-state index in [1.165, 1.54) is 12.1 Å². The Hall–Kier alpha value is -1.79. The lowest BCUT2D eigenvalue weighted by Crippen LogP contribution is -2.31. The molecule has 6 heteroatoms. The molecule has 0 aliphatic carbocycles. The Morgan fingerprint density at radius 2 is 2.10 bits per heavy atom. The van der Waals surface area contributed by atoms with E-state index in [2.05, 4.69) is 15.1 Å². The number of benzene rings is 1. The highest BCUT2D eigenvalue weighted by atomic mass is 19.1. The zero-order valence-electron chi connectivity index (χ0n) is 11.0.